The van der Waals surface area contributed by atoms with Crippen LogP contribution in [0.2, 0.25) is 122 Å². The fourth-order valence-corrected chi connectivity index (χ4v) is 60.8. The summed E-state index contributed by atoms with van der Waals surface area (Å²) in [5.74, 6) is 0. The predicted octanol–water partition coefficient (Wildman–Crippen LogP) is 8.44. The molecule has 0 saturated heterocycles. The van der Waals surface area contributed by atoms with E-state index in [1.165, 1.54) is 0 Å². The van der Waals surface area contributed by atoms with Crippen LogP contribution in [0.15, 0.2) is 0 Å². The van der Waals surface area contributed by atoms with Gasteiger partial charge in [-0.3, -0.25) is 0 Å². The Morgan fingerprint density at radius 2 is 0.400 bits per heavy atom. The topological polar surface area (TPSA) is 0 Å². The first-order valence-electron chi connectivity index (χ1n) is 10.2. The number of hydrogen-bond acceptors (Lipinski definition) is 0. The Labute approximate surface area is 168 Å². The first kappa shape index (κ1) is 28.5. The second-order valence-corrected chi connectivity index (χ2v) is 56.2. The Kier molecular flexibility index (Phi) is 9.09. The lowest BCUT2D eigenvalue weighted by atomic mass is 11.6. The van der Waals surface area contributed by atoms with Gasteiger partial charge in [-0.2, -0.15) is 0 Å². The Balaban J connectivity index is 0. The van der Waals surface area contributed by atoms with Crippen molar-refractivity contribution in [3.05, 3.63) is 0 Å². The van der Waals surface area contributed by atoms with E-state index in [4.69, 9.17) is 0 Å². The van der Waals surface area contributed by atoms with Crippen molar-refractivity contribution in [2.45, 2.75) is 122 Å². The summed E-state index contributed by atoms with van der Waals surface area (Å²) < 4.78 is 0.806. The molecule has 0 aromatic carbocycles. The molecule has 0 saturated carbocycles. The summed E-state index contributed by atoms with van der Waals surface area (Å²) in [7, 11) is -6.07. The molecule has 0 unspecified atom stereocenters. The number of rotatable bonds is 5. The zero-order chi connectivity index (χ0) is 21.5. The zero-order valence-electron chi connectivity index (χ0n) is 21.5. The Bertz CT molecular complexity index is 340. The molecule has 0 fully saturated rings. The van der Waals surface area contributed by atoms with Gasteiger partial charge in [-0.15, -0.1) is 0 Å². The summed E-state index contributed by atoms with van der Waals surface area (Å²) in [6.45, 7) is 46.7. The van der Waals surface area contributed by atoms with Gasteiger partial charge in [0.25, 0.3) is 0 Å². The normalized spacial score (nSPS) is 15.6. The largest absolute Gasteiger partial charge is 0.0715 e. The second-order valence-electron chi connectivity index (χ2n) is 14.2. The smallest absolute Gasteiger partial charge is 0.0426 e. The predicted molar refractivity (Wildman–Crippen MR) is 143 cm³/mol. The van der Waals surface area contributed by atoms with Crippen molar-refractivity contribution in [3.63, 3.8) is 0 Å². The average Bonchev–Trinajstić information content (AvgIpc) is 2.02. The van der Waals surface area contributed by atoms with Crippen molar-refractivity contribution in [2.24, 2.45) is 0 Å². The van der Waals surface area contributed by atoms with Gasteiger partial charge in [-0.05, 0) is 3.91 Å². The van der Waals surface area contributed by atoms with Crippen molar-refractivity contribution < 1.29 is 0 Å². The second kappa shape index (κ2) is 7.97. The average molecular weight is 451 g/mol. The van der Waals surface area contributed by atoms with E-state index in [1.54, 1.807) is 0 Å². The van der Waals surface area contributed by atoms with Gasteiger partial charge in [0.1, 0.15) is 0 Å². The van der Waals surface area contributed by atoms with E-state index in [1.807, 2.05) is 0 Å². The highest BCUT2D eigenvalue weighted by Crippen LogP contribution is 2.59. The van der Waals surface area contributed by atoms with Gasteiger partial charge in [0, 0.05) is 47.5 Å². The first-order chi connectivity index (χ1) is 10.2. The van der Waals surface area contributed by atoms with Gasteiger partial charge in [-0.25, -0.2) is 0 Å². The van der Waals surface area contributed by atoms with E-state index in [0.717, 1.165) is 3.91 Å². The molecule has 0 rings (SSSR count). The highest BCUT2D eigenvalue weighted by atomic mass is 29.3. The van der Waals surface area contributed by atoms with E-state index in [-0.39, 0.29) is 0 Å². The third kappa shape index (κ3) is 6.41. The molecule has 0 aliphatic heterocycles. The zero-order valence-corrected chi connectivity index (χ0v) is 27.5. The van der Waals surface area contributed by atoms with Crippen LogP contribution in [0.3, 0.4) is 0 Å². The summed E-state index contributed by atoms with van der Waals surface area (Å²) in [4.78, 5) is 0. The van der Waals surface area contributed by atoms with Gasteiger partial charge in [-0.1, -0.05) is 118 Å². The van der Waals surface area contributed by atoms with Crippen LogP contribution in [0.25, 0.3) is 0 Å². The molecule has 0 amide bonds. The SMILES string of the molecule is C[Si](C)(C)C([Si](C)(C)C)([Si](C)(C)C)[Si](C)(C)C.C[Si](C)(C)[Si](C)(C)C. The van der Waals surface area contributed by atoms with E-state index in [2.05, 4.69) is 118 Å². The minimum absolute atomic E-state index is 0.720. The lowest BCUT2D eigenvalue weighted by molar-refractivity contribution is 1.17. The molecule has 6 heteroatoms. The van der Waals surface area contributed by atoms with Gasteiger partial charge < -0.3 is 0 Å². The van der Waals surface area contributed by atoms with Crippen LogP contribution in [0.5, 0.6) is 0 Å². The van der Waals surface area contributed by atoms with Gasteiger partial charge in [0.05, 0.1) is 0 Å². The fourth-order valence-electron chi connectivity index (χ4n) is 6.75. The van der Waals surface area contributed by atoms with E-state index in [0.29, 0.717) is 0 Å². The number of hydrogen-bond donors (Lipinski definition) is 0. The Morgan fingerprint density at radius 3 is 0.400 bits per heavy atom. The molecular weight excluding hydrogens is 397 g/mol. The molecule has 0 N–H and O–H groups in total. The molecule has 0 bridgehead atoms. The highest BCUT2D eigenvalue weighted by Gasteiger charge is 2.65. The third-order valence-corrected chi connectivity index (χ3v) is 60.8. The molecule has 0 aliphatic rings. The first-order valence-corrected chi connectivity index (χ1v) is 32.2. The maximum Gasteiger partial charge on any atom is 0.0426 e. The molecular formula is C19H54Si6. The molecule has 0 spiro atoms. The fraction of sp³-hybridized carbons (Fsp3) is 1.00. The molecule has 0 radical (unpaired) electrons. The van der Waals surface area contributed by atoms with Crippen LogP contribution in [0, 0.1) is 0 Å². The molecule has 0 aromatic rings. The van der Waals surface area contributed by atoms with Crippen LogP contribution in [-0.2, 0) is 0 Å². The molecule has 0 nitrogen and oxygen atoms in total. The lowest BCUT2D eigenvalue weighted by Crippen LogP contribution is -2.74. The molecule has 0 aliphatic carbocycles. The highest BCUT2D eigenvalue weighted by molar-refractivity contribution is 7.39. The van der Waals surface area contributed by atoms with Crippen LogP contribution >= 0.6 is 0 Å². The molecule has 25 heavy (non-hydrogen) atoms. The van der Waals surface area contributed by atoms with E-state index in [9.17, 15) is 0 Å². The van der Waals surface area contributed by atoms with Gasteiger partial charge in [0.15, 0.2) is 0 Å². The molecule has 0 atom stereocenters. The molecule has 0 aromatic heterocycles. The summed E-state index contributed by atoms with van der Waals surface area (Å²) in [6.07, 6.45) is 0. The van der Waals surface area contributed by atoms with Crippen molar-refractivity contribution in [3.8, 4) is 0 Å². The lowest BCUT2D eigenvalue weighted by Gasteiger charge is -2.65. The summed E-state index contributed by atoms with van der Waals surface area (Å²) >= 11 is 0. The minimum atomic E-state index is -1.16. The summed E-state index contributed by atoms with van der Waals surface area (Å²) in [5, 5.41) is 0. The van der Waals surface area contributed by atoms with Crippen LogP contribution in [0.4, 0.5) is 0 Å². The van der Waals surface area contributed by atoms with E-state index >= 15 is 0 Å². The van der Waals surface area contributed by atoms with E-state index < -0.39 is 47.5 Å². The van der Waals surface area contributed by atoms with Crippen LogP contribution in [0.1, 0.15) is 0 Å². The molecule has 154 valence electrons. The van der Waals surface area contributed by atoms with Crippen molar-refractivity contribution in [2.75, 3.05) is 0 Å². The van der Waals surface area contributed by atoms with Crippen molar-refractivity contribution >= 4 is 47.5 Å². The quantitative estimate of drug-likeness (QED) is 0.368. The minimum Gasteiger partial charge on any atom is -0.0715 e. The van der Waals surface area contributed by atoms with Crippen molar-refractivity contribution in [1.29, 1.82) is 0 Å². The maximum absolute atomic E-state index is 2.65. The Morgan fingerprint density at radius 1 is 0.280 bits per heavy atom. The van der Waals surface area contributed by atoms with Gasteiger partial charge >= 0.3 is 0 Å². The van der Waals surface area contributed by atoms with Crippen molar-refractivity contribution in [1.82, 2.24) is 0 Å². The monoisotopic (exact) mass is 450 g/mol. The summed E-state index contributed by atoms with van der Waals surface area (Å²) in [6, 6.07) is 0. The maximum atomic E-state index is 2.65. The molecule has 0 heterocycles. The Hall–Kier alpha value is 1.30. The third-order valence-electron chi connectivity index (χ3n) is 6.75. The summed E-state index contributed by atoms with van der Waals surface area (Å²) in [5.41, 5.74) is 0. The van der Waals surface area contributed by atoms with Crippen LogP contribution < -0.4 is 0 Å². The standard InChI is InChI=1S/C13H36Si4.C6H18Si2/c1-14(2,3)13(15(4,5)6,16(7,8)9)17(10,11)12;1-7(2,3)8(4,5)6/h1-12H3;1-6H3. The van der Waals surface area contributed by atoms with Gasteiger partial charge in [0.2, 0.25) is 0 Å². The van der Waals surface area contributed by atoms with Crippen LogP contribution in [-0.4, -0.2) is 47.5 Å².